The Morgan fingerprint density at radius 1 is 1.21 bits per heavy atom. The highest BCUT2D eigenvalue weighted by Crippen LogP contribution is 2.09. The Morgan fingerprint density at radius 2 is 1.86 bits per heavy atom. The van der Waals surface area contributed by atoms with Crippen molar-refractivity contribution >= 4 is 11.9 Å². The smallest absolute Gasteiger partial charge is 0.333 e. The first-order chi connectivity index (χ1) is 6.65. The van der Waals surface area contributed by atoms with E-state index in [1.54, 1.807) is 0 Å². The molecule has 0 rings (SSSR count). The monoisotopic (exact) mass is 200 g/mol. The molecular weight excluding hydrogens is 184 g/mol. The first-order valence-corrected chi connectivity index (χ1v) is 4.52. The maximum absolute atomic E-state index is 11.2. The molecule has 4 nitrogen and oxygen atoms in total. The number of hydrogen-bond acceptors (Lipinski definition) is 4. The lowest BCUT2D eigenvalue weighted by molar-refractivity contribution is -0.138. The van der Waals surface area contributed by atoms with Gasteiger partial charge in [-0.1, -0.05) is 13.3 Å². The molecule has 0 aromatic carbocycles. The van der Waals surface area contributed by atoms with E-state index in [0.29, 0.717) is 12.0 Å². The Morgan fingerprint density at radius 3 is 2.29 bits per heavy atom. The third-order valence-corrected chi connectivity index (χ3v) is 1.74. The molecule has 0 amide bonds. The lowest BCUT2D eigenvalue weighted by Gasteiger charge is -2.03. The molecule has 14 heavy (non-hydrogen) atoms. The van der Waals surface area contributed by atoms with Gasteiger partial charge in [-0.3, -0.25) is 0 Å². The van der Waals surface area contributed by atoms with Crippen LogP contribution < -0.4 is 0 Å². The standard InChI is InChI=1S/C10H16O4/c1-4-5-6-8(10(12)14-3)7-9(11)13-2/h7H,4-6H2,1-3H3/b8-7+. The maximum atomic E-state index is 11.2. The first kappa shape index (κ1) is 12.7. The van der Waals surface area contributed by atoms with Gasteiger partial charge >= 0.3 is 11.9 Å². The van der Waals surface area contributed by atoms with E-state index in [0.717, 1.165) is 12.8 Å². The van der Waals surface area contributed by atoms with Crippen molar-refractivity contribution in [2.24, 2.45) is 0 Å². The largest absolute Gasteiger partial charge is 0.466 e. The molecule has 0 saturated carbocycles. The van der Waals surface area contributed by atoms with Gasteiger partial charge in [-0.25, -0.2) is 9.59 Å². The predicted octanol–water partition coefficient (Wildman–Crippen LogP) is 1.45. The van der Waals surface area contributed by atoms with E-state index in [4.69, 9.17) is 0 Å². The quantitative estimate of drug-likeness (QED) is 0.498. The molecule has 0 unspecified atom stereocenters. The number of ether oxygens (including phenoxy) is 2. The molecule has 0 N–H and O–H groups in total. The Balaban J connectivity index is 4.45. The highest BCUT2D eigenvalue weighted by Gasteiger charge is 2.11. The number of methoxy groups -OCH3 is 2. The normalized spacial score (nSPS) is 10.9. The molecule has 0 atom stereocenters. The van der Waals surface area contributed by atoms with E-state index in [2.05, 4.69) is 9.47 Å². The summed E-state index contributed by atoms with van der Waals surface area (Å²) < 4.78 is 8.97. The molecule has 0 aromatic heterocycles. The maximum Gasteiger partial charge on any atom is 0.333 e. The fraction of sp³-hybridized carbons (Fsp3) is 0.600. The minimum Gasteiger partial charge on any atom is -0.466 e. The van der Waals surface area contributed by atoms with Crippen molar-refractivity contribution < 1.29 is 19.1 Å². The van der Waals surface area contributed by atoms with E-state index in [1.165, 1.54) is 20.3 Å². The van der Waals surface area contributed by atoms with Gasteiger partial charge in [0.15, 0.2) is 0 Å². The van der Waals surface area contributed by atoms with Crippen LogP contribution in [0.25, 0.3) is 0 Å². The Kier molecular flexibility index (Phi) is 6.45. The molecule has 0 spiro atoms. The molecule has 80 valence electrons. The van der Waals surface area contributed by atoms with Crippen molar-refractivity contribution in [3.63, 3.8) is 0 Å². The van der Waals surface area contributed by atoms with Gasteiger partial charge in [0.2, 0.25) is 0 Å². The summed E-state index contributed by atoms with van der Waals surface area (Å²) >= 11 is 0. The van der Waals surface area contributed by atoms with Crippen LogP contribution in [0.1, 0.15) is 26.2 Å². The molecule has 0 aliphatic heterocycles. The van der Waals surface area contributed by atoms with Crippen molar-refractivity contribution in [1.82, 2.24) is 0 Å². The lowest BCUT2D eigenvalue weighted by atomic mass is 10.1. The SMILES string of the molecule is CCCC/C(=C\C(=O)OC)C(=O)OC. The van der Waals surface area contributed by atoms with E-state index in [-0.39, 0.29) is 0 Å². The summed E-state index contributed by atoms with van der Waals surface area (Å²) in [5.41, 5.74) is 0.362. The average molecular weight is 200 g/mol. The molecule has 0 aliphatic rings. The van der Waals surface area contributed by atoms with Gasteiger partial charge in [0.1, 0.15) is 0 Å². The molecule has 0 aliphatic carbocycles. The van der Waals surface area contributed by atoms with E-state index < -0.39 is 11.9 Å². The summed E-state index contributed by atoms with van der Waals surface area (Å²) in [6.45, 7) is 2.01. The van der Waals surface area contributed by atoms with Crippen LogP contribution in [-0.2, 0) is 19.1 Å². The zero-order valence-corrected chi connectivity index (χ0v) is 8.83. The van der Waals surface area contributed by atoms with Gasteiger partial charge in [-0.05, 0) is 12.8 Å². The van der Waals surface area contributed by atoms with Crippen LogP contribution >= 0.6 is 0 Å². The van der Waals surface area contributed by atoms with Crippen molar-refractivity contribution in [2.45, 2.75) is 26.2 Å². The number of unbranched alkanes of at least 4 members (excludes halogenated alkanes) is 1. The second kappa shape index (κ2) is 7.12. The fourth-order valence-corrected chi connectivity index (χ4v) is 0.933. The lowest BCUT2D eigenvalue weighted by Crippen LogP contribution is -2.08. The Hall–Kier alpha value is -1.32. The Labute approximate surface area is 83.9 Å². The summed E-state index contributed by atoms with van der Waals surface area (Å²) in [6.07, 6.45) is 3.52. The zero-order chi connectivity index (χ0) is 11.0. The van der Waals surface area contributed by atoms with E-state index in [1.807, 2.05) is 6.92 Å². The molecule has 0 aromatic rings. The topological polar surface area (TPSA) is 52.6 Å². The van der Waals surface area contributed by atoms with E-state index in [9.17, 15) is 9.59 Å². The highest BCUT2D eigenvalue weighted by molar-refractivity contribution is 5.96. The van der Waals surface area contributed by atoms with Crippen molar-refractivity contribution in [3.05, 3.63) is 11.6 Å². The van der Waals surface area contributed by atoms with Crippen LogP contribution in [0, 0.1) is 0 Å². The molecule has 4 heteroatoms. The van der Waals surface area contributed by atoms with Crippen molar-refractivity contribution in [1.29, 1.82) is 0 Å². The van der Waals surface area contributed by atoms with Gasteiger partial charge < -0.3 is 9.47 Å². The molecule has 0 radical (unpaired) electrons. The number of esters is 2. The summed E-state index contributed by atoms with van der Waals surface area (Å²) in [7, 11) is 2.56. The minimum absolute atomic E-state index is 0.362. The van der Waals surface area contributed by atoms with Crippen molar-refractivity contribution in [3.8, 4) is 0 Å². The zero-order valence-electron chi connectivity index (χ0n) is 8.83. The average Bonchev–Trinajstić information content (AvgIpc) is 2.22. The summed E-state index contributed by atoms with van der Waals surface area (Å²) in [5.74, 6) is -0.995. The molecule has 0 saturated heterocycles. The summed E-state index contributed by atoms with van der Waals surface area (Å²) in [4.78, 5) is 22.1. The Bertz CT molecular complexity index is 230. The van der Waals surface area contributed by atoms with Gasteiger partial charge in [0, 0.05) is 11.6 Å². The second-order valence-corrected chi connectivity index (χ2v) is 2.79. The minimum atomic E-state index is -0.526. The first-order valence-electron chi connectivity index (χ1n) is 4.52. The van der Waals surface area contributed by atoms with Crippen LogP contribution in [0.15, 0.2) is 11.6 Å². The van der Waals surface area contributed by atoms with Crippen LogP contribution in [0.2, 0.25) is 0 Å². The second-order valence-electron chi connectivity index (χ2n) is 2.79. The third-order valence-electron chi connectivity index (χ3n) is 1.74. The molecule has 0 heterocycles. The summed E-state index contributed by atoms with van der Waals surface area (Å²) in [6, 6.07) is 0. The van der Waals surface area contributed by atoms with Gasteiger partial charge in [0.05, 0.1) is 14.2 Å². The van der Waals surface area contributed by atoms with Gasteiger partial charge in [-0.15, -0.1) is 0 Å². The van der Waals surface area contributed by atoms with Crippen LogP contribution in [0.5, 0.6) is 0 Å². The predicted molar refractivity (Wildman–Crippen MR) is 51.6 cm³/mol. The van der Waals surface area contributed by atoms with E-state index >= 15 is 0 Å². The molecule has 0 fully saturated rings. The summed E-state index contributed by atoms with van der Waals surface area (Å²) in [5, 5.41) is 0. The number of carbonyl (C=O) groups is 2. The van der Waals surface area contributed by atoms with Gasteiger partial charge in [0.25, 0.3) is 0 Å². The number of carbonyl (C=O) groups excluding carboxylic acids is 2. The van der Waals surface area contributed by atoms with Crippen LogP contribution in [-0.4, -0.2) is 26.2 Å². The molecule has 0 bridgehead atoms. The van der Waals surface area contributed by atoms with Crippen LogP contribution in [0.3, 0.4) is 0 Å². The number of rotatable bonds is 5. The van der Waals surface area contributed by atoms with Gasteiger partial charge in [-0.2, -0.15) is 0 Å². The fourth-order valence-electron chi connectivity index (χ4n) is 0.933. The third kappa shape index (κ3) is 4.64. The van der Waals surface area contributed by atoms with Crippen molar-refractivity contribution in [2.75, 3.05) is 14.2 Å². The number of hydrogen-bond donors (Lipinski definition) is 0. The van der Waals surface area contributed by atoms with Crippen LogP contribution in [0.4, 0.5) is 0 Å². The molecular formula is C10H16O4. The highest BCUT2D eigenvalue weighted by atomic mass is 16.5.